The lowest BCUT2D eigenvalue weighted by atomic mass is 10.1. The predicted octanol–water partition coefficient (Wildman–Crippen LogP) is 4.83. The van der Waals surface area contributed by atoms with Crippen LogP contribution in [-0.4, -0.2) is 6.54 Å². The molecule has 2 rings (SSSR count). The van der Waals surface area contributed by atoms with E-state index in [-0.39, 0.29) is 5.69 Å². The number of alkyl halides is 3. The van der Waals surface area contributed by atoms with Gasteiger partial charge in [-0.05, 0) is 17.7 Å². The zero-order valence-electron chi connectivity index (χ0n) is 10.7. The Bertz CT molecular complexity index is 574. The van der Waals surface area contributed by atoms with Crippen LogP contribution in [0, 0.1) is 0 Å². The molecule has 0 aliphatic carbocycles. The Labute approximate surface area is 115 Å². The van der Waals surface area contributed by atoms with Crippen molar-refractivity contribution in [3.8, 4) is 0 Å². The van der Waals surface area contributed by atoms with E-state index in [9.17, 15) is 13.2 Å². The fraction of sp³-hybridized carbons (Fsp3) is 0.125. The van der Waals surface area contributed by atoms with Gasteiger partial charge >= 0.3 is 6.18 Å². The third-order valence-corrected chi connectivity index (χ3v) is 2.75. The SMILES string of the molecule is FC(F)(F)c1ccccc1NC/C=C/c1ccccc1. The van der Waals surface area contributed by atoms with Gasteiger partial charge in [-0.25, -0.2) is 0 Å². The van der Waals surface area contributed by atoms with Gasteiger partial charge in [-0.3, -0.25) is 0 Å². The zero-order valence-corrected chi connectivity index (χ0v) is 10.7. The van der Waals surface area contributed by atoms with Crippen molar-refractivity contribution in [1.29, 1.82) is 0 Å². The van der Waals surface area contributed by atoms with Crippen LogP contribution in [-0.2, 0) is 6.18 Å². The molecule has 0 aliphatic heterocycles. The second kappa shape index (κ2) is 6.28. The maximum Gasteiger partial charge on any atom is 0.418 e. The molecule has 104 valence electrons. The second-order valence-electron chi connectivity index (χ2n) is 4.24. The zero-order chi connectivity index (χ0) is 14.4. The summed E-state index contributed by atoms with van der Waals surface area (Å²) in [7, 11) is 0. The molecule has 0 spiro atoms. The number of anilines is 1. The molecule has 0 atom stereocenters. The maximum absolute atomic E-state index is 12.8. The minimum absolute atomic E-state index is 0.0951. The van der Waals surface area contributed by atoms with E-state index in [4.69, 9.17) is 0 Å². The number of halogens is 3. The molecule has 0 bridgehead atoms. The lowest BCUT2D eigenvalue weighted by Gasteiger charge is -2.13. The summed E-state index contributed by atoms with van der Waals surface area (Å²) in [6.45, 7) is 0.335. The summed E-state index contributed by atoms with van der Waals surface area (Å²) in [5, 5.41) is 2.78. The van der Waals surface area contributed by atoms with Gasteiger partial charge in [-0.2, -0.15) is 13.2 Å². The Balaban J connectivity index is 2.00. The third-order valence-electron chi connectivity index (χ3n) is 2.75. The third kappa shape index (κ3) is 3.88. The standard InChI is InChI=1S/C16H14F3N/c17-16(18,19)14-10-4-5-11-15(14)20-12-6-9-13-7-2-1-3-8-13/h1-11,20H,12H2/b9-6+. The lowest BCUT2D eigenvalue weighted by Crippen LogP contribution is -2.10. The van der Waals surface area contributed by atoms with E-state index in [0.29, 0.717) is 6.54 Å². The summed E-state index contributed by atoms with van der Waals surface area (Å²) in [6.07, 6.45) is -0.682. The van der Waals surface area contributed by atoms with Gasteiger partial charge in [0.25, 0.3) is 0 Å². The van der Waals surface area contributed by atoms with Crippen LogP contribution in [0.15, 0.2) is 60.7 Å². The molecule has 1 nitrogen and oxygen atoms in total. The van der Waals surface area contributed by atoms with Crippen molar-refractivity contribution in [3.05, 3.63) is 71.8 Å². The Kier molecular flexibility index (Phi) is 4.45. The molecule has 20 heavy (non-hydrogen) atoms. The van der Waals surface area contributed by atoms with E-state index in [2.05, 4.69) is 5.32 Å². The van der Waals surface area contributed by atoms with Crippen LogP contribution >= 0.6 is 0 Å². The van der Waals surface area contributed by atoms with Crippen LogP contribution in [0.2, 0.25) is 0 Å². The molecule has 1 N–H and O–H groups in total. The fourth-order valence-electron chi connectivity index (χ4n) is 1.81. The smallest absolute Gasteiger partial charge is 0.381 e. The van der Waals surface area contributed by atoms with Crippen LogP contribution in [0.1, 0.15) is 11.1 Å². The first kappa shape index (κ1) is 14.2. The van der Waals surface area contributed by atoms with E-state index in [1.54, 1.807) is 12.1 Å². The molecule has 0 saturated heterocycles. The van der Waals surface area contributed by atoms with E-state index >= 15 is 0 Å². The van der Waals surface area contributed by atoms with Gasteiger partial charge in [0, 0.05) is 12.2 Å². The van der Waals surface area contributed by atoms with Crippen LogP contribution in [0.25, 0.3) is 6.08 Å². The highest BCUT2D eigenvalue weighted by Crippen LogP contribution is 2.34. The highest BCUT2D eigenvalue weighted by atomic mass is 19.4. The van der Waals surface area contributed by atoms with Crippen molar-refractivity contribution in [2.24, 2.45) is 0 Å². The van der Waals surface area contributed by atoms with Crippen molar-refractivity contribution < 1.29 is 13.2 Å². The average Bonchev–Trinajstić information content (AvgIpc) is 2.44. The van der Waals surface area contributed by atoms with Gasteiger partial charge in [0.05, 0.1) is 5.56 Å². The summed E-state index contributed by atoms with van der Waals surface area (Å²) in [5.41, 5.74) is 0.462. The number of hydrogen-bond acceptors (Lipinski definition) is 1. The van der Waals surface area contributed by atoms with E-state index < -0.39 is 11.7 Å². The number of nitrogens with one attached hydrogen (secondary N) is 1. The van der Waals surface area contributed by atoms with Gasteiger partial charge in [0.1, 0.15) is 0 Å². The first-order chi connectivity index (χ1) is 9.57. The Morgan fingerprint density at radius 2 is 1.55 bits per heavy atom. The summed E-state index contributed by atoms with van der Waals surface area (Å²) in [6, 6.07) is 15.1. The predicted molar refractivity (Wildman–Crippen MR) is 75.4 cm³/mol. The first-order valence-corrected chi connectivity index (χ1v) is 6.19. The van der Waals surface area contributed by atoms with Gasteiger partial charge < -0.3 is 5.32 Å². The van der Waals surface area contributed by atoms with Crippen LogP contribution < -0.4 is 5.32 Å². The summed E-state index contributed by atoms with van der Waals surface area (Å²) >= 11 is 0. The second-order valence-corrected chi connectivity index (χ2v) is 4.24. The highest BCUT2D eigenvalue weighted by molar-refractivity contribution is 5.54. The van der Waals surface area contributed by atoms with Crippen LogP contribution in [0.3, 0.4) is 0 Å². The van der Waals surface area contributed by atoms with Gasteiger partial charge in [0.2, 0.25) is 0 Å². The van der Waals surface area contributed by atoms with Crippen molar-refractivity contribution in [2.75, 3.05) is 11.9 Å². The summed E-state index contributed by atoms with van der Waals surface area (Å²) in [5.74, 6) is 0. The summed E-state index contributed by atoms with van der Waals surface area (Å²) in [4.78, 5) is 0. The van der Waals surface area contributed by atoms with Gasteiger partial charge in [-0.1, -0.05) is 54.6 Å². The molecule has 0 fully saturated rings. The molecule has 0 aromatic heterocycles. The number of rotatable bonds is 4. The molecule has 2 aromatic rings. The fourth-order valence-corrected chi connectivity index (χ4v) is 1.81. The molecule has 0 heterocycles. The van der Waals surface area contributed by atoms with E-state index in [1.165, 1.54) is 12.1 Å². The normalized spacial score (nSPS) is 11.8. The highest BCUT2D eigenvalue weighted by Gasteiger charge is 2.32. The molecule has 0 radical (unpaired) electrons. The largest absolute Gasteiger partial charge is 0.418 e. The van der Waals surface area contributed by atoms with E-state index in [1.807, 2.05) is 36.4 Å². The molecule has 0 amide bonds. The molecular weight excluding hydrogens is 263 g/mol. The molecule has 0 unspecified atom stereocenters. The van der Waals surface area contributed by atoms with Crippen LogP contribution in [0.5, 0.6) is 0 Å². The Morgan fingerprint density at radius 3 is 2.25 bits per heavy atom. The van der Waals surface area contributed by atoms with Gasteiger partial charge in [0.15, 0.2) is 0 Å². The number of hydrogen-bond donors (Lipinski definition) is 1. The maximum atomic E-state index is 12.8. The topological polar surface area (TPSA) is 12.0 Å². The van der Waals surface area contributed by atoms with Crippen molar-refractivity contribution in [3.63, 3.8) is 0 Å². The quantitative estimate of drug-likeness (QED) is 0.844. The number of benzene rings is 2. The Hall–Kier alpha value is -2.23. The van der Waals surface area contributed by atoms with Crippen molar-refractivity contribution >= 4 is 11.8 Å². The summed E-state index contributed by atoms with van der Waals surface area (Å²) < 4.78 is 38.3. The average molecular weight is 277 g/mol. The monoisotopic (exact) mass is 277 g/mol. The lowest BCUT2D eigenvalue weighted by molar-refractivity contribution is -0.136. The van der Waals surface area contributed by atoms with Crippen LogP contribution in [0.4, 0.5) is 18.9 Å². The minimum atomic E-state index is -4.34. The first-order valence-electron chi connectivity index (χ1n) is 6.19. The van der Waals surface area contributed by atoms with E-state index in [0.717, 1.165) is 11.6 Å². The molecule has 0 aliphatic rings. The molecule has 2 aromatic carbocycles. The minimum Gasteiger partial charge on any atom is -0.381 e. The molecule has 4 heteroatoms. The van der Waals surface area contributed by atoms with Crippen molar-refractivity contribution in [1.82, 2.24) is 0 Å². The van der Waals surface area contributed by atoms with Crippen molar-refractivity contribution in [2.45, 2.75) is 6.18 Å². The van der Waals surface area contributed by atoms with Gasteiger partial charge in [-0.15, -0.1) is 0 Å². The molecule has 0 saturated carbocycles. The number of para-hydroxylation sites is 1. The Morgan fingerprint density at radius 1 is 0.900 bits per heavy atom. The molecular formula is C16H14F3N.